The van der Waals surface area contributed by atoms with Crippen LogP contribution < -0.4 is 4.89 Å². The summed E-state index contributed by atoms with van der Waals surface area (Å²) in [6, 6.07) is 7.91. The average Bonchev–Trinajstić information content (AvgIpc) is 2.21. The van der Waals surface area contributed by atoms with E-state index in [1.54, 1.807) is 0 Å². The predicted octanol–water partition coefficient (Wildman–Crippen LogP) is 1.16. The molecule has 0 aromatic heterocycles. The minimum atomic E-state index is 0.664. The predicted molar refractivity (Wildman–Crippen MR) is 44.9 cm³/mol. The van der Waals surface area contributed by atoms with E-state index in [1.165, 1.54) is 5.56 Å². The average molecular weight is 168 g/mol. The summed E-state index contributed by atoms with van der Waals surface area (Å²) < 4.78 is 0. The van der Waals surface area contributed by atoms with Gasteiger partial charge in [0.05, 0.1) is 6.61 Å². The Morgan fingerprint density at radius 3 is 2.75 bits per heavy atom. The Balaban J connectivity index is 0.000000336. The SMILES string of the molecule is CO.c1ccc2c(c1)CCOO2. The summed E-state index contributed by atoms with van der Waals surface area (Å²) in [7, 11) is 1.00. The third kappa shape index (κ3) is 1.96. The maximum Gasteiger partial charge on any atom is 0.168 e. The second kappa shape index (κ2) is 4.74. The molecule has 1 aliphatic rings. The zero-order valence-corrected chi connectivity index (χ0v) is 6.99. The van der Waals surface area contributed by atoms with Crippen molar-refractivity contribution in [3.63, 3.8) is 0 Å². The van der Waals surface area contributed by atoms with Crippen molar-refractivity contribution in [3.05, 3.63) is 29.8 Å². The highest BCUT2D eigenvalue weighted by atomic mass is 17.2. The number of aliphatic hydroxyl groups excluding tert-OH is 1. The van der Waals surface area contributed by atoms with Crippen molar-refractivity contribution in [2.75, 3.05) is 13.7 Å². The van der Waals surface area contributed by atoms with Crippen LogP contribution in [0.15, 0.2) is 24.3 Å². The molecule has 1 aromatic rings. The molecule has 0 aliphatic carbocycles. The lowest BCUT2D eigenvalue weighted by Crippen LogP contribution is -2.10. The first-order valence-electron chi connectivity index (χ1n) is 3.79. The summed E-state index contributed by atoms with van der Waals surface area (Å²) in [5.74, 6) is 0.855. The van der Waals surface area contributed by atoms with Crippen molar-refractivity contribution in [1.29, 1.82) is 0 Å². The monoisotopic (exact) mass is 168 g/mol. The number of rotatable bonds is 0. The lowest BCUT2D eigenvalue weighted by Gasteiger charge is -2.14. The van der Waals surface area contributed by atoms with Crippen LogP contribution in [0.2, 0.25) is 0 Å². The first kappa shape index (κ1) is 9.03. The topological polar surface area (TPSA) is 38.7 Å². The summed E-state index contributed by atoms with van der Waals surface area (Å²) in [4.78, 5) is 9.72. The first-order valence-corrected chi connectivity index (χ1v) is 3.79. The fourth-order valence-corrected chi connectivity index (χ4v) is 1.05. The van der Waals surface area contributed by atoms with Gasteiger partial charge in [0.2, 0.25) is 0 Å². The number of fused-ring (bicyclic) bond motifs is 1. The molecular weight excluding hydrogens is 156 g/mol. The molecule has 1 aliphatic heterocycles. The molecule has 12 heavy (non-hydrogen) atoms. The van der Waals surface area contributed by atoms with Gasteiger partial charge in [0.1, 0.15) is 0 Å². The molecule has 2 rings (SSSR count). The van der Waals surface area contributed by atoms with Crippen LogP contribution in [0.1, 0.15) is 5.56 Å². The van der Waals surface area contributed by atoms with Crippen LogP contribution in [0.3, 0.4) is 0 Å². The largest absolute Gasteiger partial charge is 0.400 e. The van der Waals surface area contributed by atoms with E-state index >= 15 is 0 Å². The molecule has 66 valence electrons. The second-order valence-corrected chi connectivity index (χ2v) is 2.26. The molecule has 0 bridgehead atoms. The third-order valence-corrected chi connectivity index (χ3v) is 1.58. The maximum absolute atomic E-state index is 7.00. The number of para-hydroxylation sites is 1. The Kier molecular flexibility index (Phi) is 3.57. The highest BCUT2D eigenvalue weighted by Gasteiger charge is 2.08. The molecule has 1 heterocycles. The van der Waals surface area contributed by atoms with Crippen molar-refractivity contribution in [2.24, 2.45) is 0 Å². The molecule has 0 spiro atoms. The van der Waals surface area contributed by atoms with Crippen molar-refractivity contribution < 1.29 is 14.9 Å². The number of aliphatic hydroxyl groups is 1. The van der Waals surface area contributed by atoms with Gasteiger partial charge >= 0.3 is 0 Å². The standard InChI is InChI=1S/C8H8O2.CH4O/c1-2-4-8-7(3-1)5-6-9-10-8;1-2/h1-4H,5-6H2;2H,1H3. The van der Waals surface area contributed by atoms with Gasteiger partial charge in [-0.05, 0) is 6.07 Å². The molecule has 0 fully saturated rings. The Morgan fingerprint density at radius 2 is 2.00 bits per heavy atom. The molecule has 1 aromatic carbocycles. The molecule has 0 unspecified atom stereocenters. The second-order valence-electron chi connectivity index (χ2n) is 2.26. The highest BCUT2D eigenvalue weighted by molar-refractivity contribution is 5.33. The van der Waals surface area contributed by atoms with Gasteiger partial charge in [-0.15, -0.1) is 0 Å². The lowest BCUT2D eigenvalue weighted by molar-refractivity contribution is -0.215. The van der Waals surface area contributed by atoms with Gasteiger partial charge < -0.3 is 9.99 Å². The van der Waals surface area contributed by atoms with Crippen LogP contribution in [0.5, 0.6) is 5.75 Å². The molecule has 0 saturated carbocycles. The zero-order valence-electron chi connectivity index (χ0n) is 6.99. The summed E-state index contributed by atoms with van der Waals surface area (Å²) >= 11 is 0. The molecule has 0 atom stereocenters. The molecule has 3 nitrogen and oxygen atoms in total. The highest BCUT2D eigenvalue weighted by Crippen LogP contribution is 2.21. The van der Waals surface area contributed by atoms with Crippen LogP contribution in [0.25, 0.3) is 0 Å². The van der Waals surface area contributed by atoms with E-state index in [-0.39, 0.29) is 0 Å². The fraction of sp³-hybridized carbons (Fsp3) is 0.333. The van der Waals surface area contributed by atoms with Crippen LogP contribution in [0, 0.1) is 0 Å². The van der Waals surface area contributed by atoms with Gasteiger partial charge in [-0.2, -0.15) is 4.89 Å². The quantitative estimate of drug-likeness (QED) is 0.591. The van der Waals surface area contributed by atoms with Gasteiger partial charge in [0.15, 0.2) is 5.75 Å². The van der Waals surface area contributed by atoms with Crippen LogP contribution in [-0.2, 0) is 11.3 Å². The minimum Gasteiger partial charge on any atom is -0.400 e. The third-order valence-electron chi connectivity index (χ3n) is 1.58. The molecule has 3 heteroatoms. The van der Waals surface area contributed by atoms with Gasteiger partial charge in [-0.3, -0.25) is 0 Å². The van der Waals surface area contributed by atoms with E-state index in [1.807, 2.05) is 18.2 Å². The van der Waals surface area contributed by atoms with Crippen molar-refractivity contribution in [3.8, 4) is 5.75 Å². The Morgan fingerprint density at radius 1 is 1.25 bits per heavy atom. The molecule has 1 N–H and O–H groups in total. The molecule has 0 radical (unpaired) electrons. The minimum absolute atomic E-state index is 0.664. The Bertz CT molecular complexity index is 210. The summed E-state index contributed by atoms with van der Waals surface area (Å²) in [6.45, 7) is 0.664. The van der Waals surface area contributed by atoms with E-state index in [0.717, 1.165) is 19.3 Å². The fourth-order valence-electron chi connectivity index (χ4n) is 1.05. The van der Waals surface area contributed by atoms with Crippen LogP contribution in [0.4, 0.5) is 0 Å². The van der Waals surface area contributed by atoms with Crippen molar-refractivity contribution in [1.82, 2.24) is 0 Å². The van der Waals surface area contributed by atoms with Gasteiger partial charge in [0.25, 0.3) is 0 Å². The van der Waals surface area contributed by atoms with Gasteiger partial charge in [0, 0.05) is 19.1 Å². The van der Waals surface area contributed by atoms with E-state index in [4.69, 9.17) is 14.9 Å². The van der Waals surface area contributed by atoms with Crippen LogP contribution in [-0.4, -0.2) is 18.8 Å². The lowest BCUT2D eigenvalue weighted by atomic mass is 10.1. The number of hydrogen-bond acceptors (Lipinski definition) is 3. The summed E-state index contributed by atoms with van der Waals surface area (Å²) in [5.41, 5.74) is 1.23. The maximum atomic E-state index is 7.00. The van der Waals surface area contributed by atoms with E-state index in [0.29, 0.717) is 6.61 Å². The zero-order chi connectivity index (χ0) is 8.81. The molecule has 0 saturated heterocycles. The molecular formula is C9H12O3. The van der Waals surface area contributed by atoms with Gasteiger partial charge in [-0.1, -0.05) is 18.2 Å². The Labute approximate surface area is 71.5 Å². The van der Waals surface area contributed by atoms with Crippen molar-refractivity contribution in [2.45, 2.75) is 6.42 Å². The molecule has 0 amide bonds. The summed E-state index contributed by atoms with van der Waals surface area (Å²) in [5, 5.41) is 7.00. The summed E-state index contributed by atoms with van der Waals surface area (Å²) in [6.07, 6.45) is 0.955. The smallest absolute Gasteiger partial charge is 0.168 e. The Hall–Kier alpha value is -1.06. The first-order chi connectivity index (χ1) is 5.97. The van der Waals surface area contributed by atoms with Gasteiger partial charge in [-0.25, -0.2) is 0 Å². The van der Waals surface area contributed by atoms with Crippen LogP contribution >= 0.6 is 0 Å². The number of benzene rings is 1. The van der Waals surface area contributed by atoms with E-state index in [9.17, 15) is 0 Å². The van der Waals surface area contributed by atoms with E-state index < -0.39 is 0 Å². The van der Waals surface area contributed by atoms with E-state index in [2.05, 4.69) is 6.07 Å². The van der Waals surface area contributed by atoms with Crippen molar-refractivity contribution >= 4 is 0 Å². The number of hydrogen-bond donors (Lipinski definition) is 1. The normalized spacial score (nSPS) is 13.5.